The fourth-order valence-corrected chi connectivity index (χ4v) is 1.72. The molecule has 108 valence electrons. The second-order valence-electron chi connectivity index (χ2n) is 4.55. The zero-order chi connectivity index (χ0) is 15.0. The molecular weight excluding hydrogens is 254 g/mol. The number of benzene rings is 1. The first-order chi connectivity index (χ1) is 9.54. The van der Waals surface area contributed by atoms with Crippen molar-refractivity contribution in [2.75, 3.05) is 20.1 Å². The molecule has 0 saturated heterocycles. The lowest BCUT2D eigenvalue weighted by Crippen LogP contribution is -2.44. The molecular formula is C15H21N3O2. The molecule has 0 aliphatic carbocycles. The molecule has 0 aliphatic heterocycles. The molecule has 0 aromatic heterocycles. The van der Waals surface area contributed by atoms with Crippen molar-refractivity contribution in [3.05, 3.63) is 48.6 Å². The van der Waals surface area contributed by atoms with Gasteiger partial charge in [-0.15, -0.1) is 6.58 Å². The number of likely N-dealkylation sites (N-methyl/N-ethyl adjacent to an activating group) is 1. The molecule has 1 rings (SSSR count). The molecule has 0 fully saturated rings. The molecule has 5 heteroatoms. The summed E-state index contributed by atoms with van der Waals surface area (Å²) in [6, 6.07) is 9.48. The minimum absolute atomic E-state index is 0.0955. The number of amides is 3. The van der Waals surface area contributed by atoms with Crippen LogP contribution in [-0.2, 0) is 4.79 Å². The summed E-state index contributed by atoms with van der Waals surface area (Å²) in [5, 5.41) is 4.76. The largest absolute Gasteiger partial charge is 0.334 e. The maximum Gasteiger partial charge on any atom is 0.321 e. The topological polar surface area (TPSA) is 61.4 Å². The first-order valence-electron chi connectivity index (χ1n) is 6.48. The van der Waals surface area contributed by atoms with Gasteiger partial charge in [0.1, 0.15) is 0 Å². The highest BCUT2D eigenvalue weighted by Gasteiger charge is 2.15. The molecule has 1 atom stereocenters. The minimum Gasteiger partial charge on any atom is -0.334 e. The second kappa shape index (κ2) is 8.12. The molecule has 1 aromatic rings. The lowest BCUT2D eigenvalue weighted by Gasteiger charge is -2.24. The van der Waals surface area contributed by atoms with Crippen LogP contribution in [0, 0.1) is 0 Å². The van der Waals surface area contributed by atoms with Gasteiger partial charge in [-0.25, -0.2) is 4.79 Å². The Morgan fingerprint density at radius 2 is 2.00 bits per heavy atom. The van der Waals surface area contributed by atoms with E-state index >= 15 is 0 Å². The number of hydrogen-bond acceptors (Lipinski definition) is 3. The fraction of sp³-hybridized carbons (Fsp3) is 0.333. The van der Waals surface area contributed by atoms with Gasteiger partial charge < -0.3 is 5.32 Å². The summed E-state index contributed by atoms with van der Waals surface area (Å²) in [5.74, 6) is -0.336. The van der Waals surface area contributed by atoms with Crippen molar-refractivity contribution in [3.8, 4) is 0 Å². The Kier molecular flexibility index (Phi) is 6.46. The lowest BCUT2D eigenvalue weighted by atomic mass is 10.1. The van der Waals surface area contributed by atoms with Crippen LogP contribution in [0.3, 0.4) is 0 Å². The summed E-state index contributed by atoms with van der Waals surface area (Å²) in [6.07, 6.45) is 1.55. The molecule has 0 saturated carbocycles. The number of nitrogens with zero attached hydrogens (tertiary/aromatic N) is 1. The van der Waals surface area contributed by atoms with Gasteiger partial charge in [-0.2, -0.15) is 0 Å². The van der Waals surface area contributed by atoms with Gasteiger partial charge in [0, 0.05) is 12.6 Å². The molecule has 1 unspecified atom stereocenters. The van der Waals surface area contributed by atoms with Gasteiger partial charge in [-0.05, 0) is 19.5 Å². The van der Waals surface area contributed by atoms with E-state index < -0.39 is 6.03 Å². The Morgan fingerprint density at radius 1 is 1.35 bits per heavy atom. The fourth-order valence-electron chi connectivity index (χ4n) is 1.72. The Labute approximate surface area is 119 Å². The maximum absolute atomic E-state index is 11.7. The monoisotopic (exact) mass is 275 g/mol. The number of urea groups is 1. The van der Waals surface area contributed by atoms with Crippen molar-refractivity contribution in [3.63, 3.8) is 0 Å². The number of carbonyl (C=O) groups excluding carboxylic acids is 2. The molecule has 20 heavy (non-hydrogen) atoms. The molecule has 3 amide bonds. The average molecular weight is 275 g/mol. The number of carbonyl (C=O) groups is 2. The highest BCUT2D eigenvalue weighted by atomic mass is 16.2. The van der Waals surface area contributed by atoms with E-state index in [4.69, 9.17) is 0 Å². The van der Waals surface area contributed by atoms with E-state index in [1.807, 2.05) is 49.2 Å². The Morgan fingerprint density at radius 3 is 2.60 bits per heavy atom. The van der Waals surface area contributed by atoms with Crippen molar-refractivity contribution < 1.29 is 9.59 Å². The van der Waals surface area contributed by atoms with E-state index in [1.54, 1.807) is 6.08 Å². The zero-order valence-electron chi connectivity index (χ0n) is 11.9. The van der Waals surface area contributed by atoms with E-state index in [2.05, 4.69) is 17.2 Å². The summed E-state index contributed by atoms with van der Waals surface area (Å²) < 4.78 is 0. The summed E-state index contributed by atoms with van der Waals surface area (Å²) in [4.78, 5) is 24.9. The van der Waals surface area contributed by atoms with Crippen molar-refractivity contribution in [2.45, 2.75) is 13.0 Å². The highest BCUT2D eigenvalue weighted by Crippen LogP contribution is 2.17. The third kappa shape index (κ3) is 5.24. The van der Waals surface area contributed by atoms with Gasteiger partial charge in [-0.3, -0.25) is 15.0 Å². The van der Waals surface area contributed by atoms with Crippen LogP contribution >= 0.6 is 0 Å². The number of imide groups is 1. The SMILES string of the molecule is C=CCNC(=O)NC(=O)CN(C)C(C)c1ccccc1. The van der Waals surface area contributed by atoms with Crippen LogP contribution in [0.25, 0.3) is 0 Å². The second-order valence-corrected chi connectivity index (χ2v) is 4.55. The summed E-state index contributed by atoms with van der Waals surface area (Å²) in [7, 11) is 1.85. The van der Waals surface area contributed by atoms with Crippen LogP contribution in [0.2, 0.25) is 0 Å². The van der Waals surface area contributed by atoms with E-state index in [9.17, 15) is 9.59 Å². The van der Waals surface area contributed by atoms with Crippen LogP contribution in [0.1, 0.15) is 18.5 Å². The lowest BCUT2D eigenvalue weighted by molar-refractivity contribution is -0.121. The molecule has 2 N–H and O–H groups in total. The molecule has 5 nitrogen and oxygen atoms in total. The van der Waals surface area contributed by atoms with E-state index in [-0.39, 0.29) is 18.5 Å². The average Bonchev–Trinajstić information content (AvgIpc) is 2.45. The van der Waals surface area contributed by atoms with Crippen molar-refractivity contribution in [2.24, 2.45) is 0 Å². The van der Waals surface area contributed by atoms with E-state index in [0.717, 1.165) is 5.56 Å². The predicted octanol–water partition coefficient (Wildman–Crippen LogP) is 1.69. The van der Waals surface area contributed by atoms with Gasteiger partial charge in [0.05, 0.1) is 6.54 Å². The number of hydrogen-bond donors (Lipinski definition) is 2. The van der Waals surface area contributed by atoms with Gasteiger partial charge >= 0.3 is 6.03 Å². The summed E-state index contributed by atoms with van der Waals surface area (Å²) in [5.41, 5.74) is 1.12. The molecule has 0 radical (unpaired) electrons. The number of nitrogens with one attached hydrogen (secondary N) is 2. The summed E-state index contributed by atoms with van der Waals surface area (Å²) in [6.45, 7) is 5.97. The zero-order valence-corrected chi connectivity index (χ0v) is 11.9. The molecule has 0 aliphatic rings. The standard InChI is InChI=1S/C15H21N3O2/c1-4-10-16-15(20)17-14(19)11-18(3)12(2)13-8-6-5-7-9-13/h4-9,12H,1,10-11H2,2-3H3,(H2,16,17,19,20). The molecule has 0 spiro atoms. The third-order valence-electron chi connectivity index (χ3n) is 3.00. The Bertz CT molecular complexity index is 459. The highest BCUT2D eigenvalue weighted by molar-refractivity contribution is 5.95. The van der Waals surface area contributed by atoms with Crippen LogP contribution < -0.4 is 10.6 Å². The Hall–Kier alpha value is -2.14. The van der Waals surface area contributed by atoms with Gasteiger partial charge in [0.15, 0.2) is 0 Å². The quantitative estimate of drug-likeness (QED) is 0.777. The van der Waals surface area contributed by atoms with Gasteiger partial charge in [-0.1, -0.05) is 36.4 Å². The van der Waals surface area contributed by atoms with Crippen LogP contribution in [-0.4, -0.2) is 37.0 Å². The van der Waals surface area contributed by atoms with Crippen LogP contribution in [0.15, 0.2) is 43.0 Å². The van der Waals surface area contributed by atoms with E-state index in [0.29, 0.717) is 6.54 Å². The molecule has 0 heterocycles. The normalized spacial score (nSPS) is 11.8. The minimum atomic E-state index is -0.504. The smallest absolute Gasteiger partial charge is 0.321 e. The van der Waals surface area contributed by atoms with E-state index in [1.165, 1.54) is 0 Å². The van der Waals surface area contributed by atoms with Gasteiger partial charge in [0.25, 0.3) is 0 Å². The first-order valence-corrected chi connectivity index (χ1v) is 6.48. The molecule has 1 aromatic carbocycles. The van der Waals surface area contributed by atoms with Crippen LogP contribution in [0.4, 0.5) is 4.79 Å². The van der Waals surface area contributed by atoms with Crippen molar-refractivity contribution >= 4 is 11.9 Å². The Balaban J connectivity index is 2.45. The van der Waals surface area contributed by atoms with Crippen molar-refractivity contribution in [1.82, 2.24) is 15.5 Å². The first kappa shape index (κ1) is 15.9. The summed E-state index contributed by atoms with van der Waals surface area (Å²) >= 11 is 0. The number of rotatable bonds is 6. The predicted molar refractivity (Wildman–Crippen MR) is 79.2 cm³/mol. The van der Waals surface area contributed by atoms with Gasteiger partial charge in [0.2, 0.25) is 5.91 Å². The maximum atomic E-state index is 11.7. The molecule has 0 bridgehead atoms. The van der Waals surface area contributed by atoms with Crippen LogP contribution in [0.5, 0.6) is 0 Å². The van der Waals surface area contributed by atoms with Crippen molar-refractivity contribution in [1.29, 1.82) is 0 Å². The third-order valence-corrected chi connectivity index (χ3v) is 3.00.